The number of benzene rings is 1. The third kappa shape index (κ3) is 1.93. The fraction of sp³-hybridized carbons (Fsp3) is 0.333. The Morgan fingerprint density at radius 2 is 2.00 bits per heavy atom. The van der Waals surface area contributed by atoms with Gasteiger partial charge in [0.15, 0.2) is 11.4 Å². The van der Waals surface area contributed by atoms with Crippen molar-refractivity contribution in [2.45, 2.75) is 19.3 Å². The third-order valence-corrected chi connectivity index (χ3v) is 2.63. The Labute approximate surface area is 92.0 Å². The molecule has 2 aromatic rings. The highest BCUT2D eigenvalue weighted by atomic mass is 19.1. The van der Waals surface area contributed by atoms with E-state index in [2.05, 4.69) is 0 Å². The van der Waals surface area contributed by atoms with E-state index >= 15 is 0 Å². The number of unbranched alkanes of at least 4 members (excludes halogenated alkanes) is 1. The van der Waals surface area contributed by atoms with E-state index in [4.69, 9.17) is 10.2 Å². The van der Waals surface area contributed by atoms with Crippen LogP contribution in [0.2, 0.25) is 0 Å². The predicted molar refractivity (Wildman–Crippen MR) is 58.1 cm³/mol. The van der Waals surface area contributed by atoms with Crippen molar-refractivity contribution in [2.75, 3.05) is 6.54 Å². The summed E-state index contributed by atoms with van der Waals surface area (Å²) < 4.78 is 31.9. The number of furan rings is 1. The molecule has 0 atom stereocenters. The molecular formula is C12H13F2NO. The van der Waals surface area contributed by atoms with Crippen LogP contribution in [0.5, 0.6) is 0 Å². The molecule has 0 saturated heterocycles. The minimum absolute atomic E-state index is 0.129. The van der Waals surface area contributed by atoms with E-state index in [9.17, 15) is 8.78 Å². The second-order valence-electron chi connectivity index (χ2n) is 3.73. The van der Waals surface area contributed by atoms with Gasteiger partial charge in [-0.15, -0.1) is 0 Å². The zero-order valence-corrected chi connectivity index (χ0v) is 8.80. The molecule has 16 heavy (non-hydrogen) atoms. The van der Waals surface area contributed by atoms with E-state index in [0.717, 1.165) is 18.9 Å². The molecule has 2 N–H and O–H groups in total. The van der Waals surface area contributed by atoms with E-state index in [1.807, 2.05) is 0 Å². The summed E-state index contributed by atoms with van der Waals surface area (Å²) >= 11 is 0. The van der Waals surface area contributed by atoms with Crippen LogP contribution in [-0.4, -0.2) is 6.54 Å². The van der Waals surface area contributed by atoms with Gasteiger partial charge in [-0.25, -0.2) is 8.78 Å². The smallest absolute Gasteiger partial charge is 0.169 e. The maximum absolute atomic E-state index is 13.6. The van der Waals surface area contributed by atoms with Crippen molar-refractivity contribution in [3.8, 4) is 0 Å². The topological polar surface area (TPSA) is 39.2 Å². The maximum atomic E-state index is 13.6. The quantitative estimate of drug-likeness (QED) is 0.812. The van der Waals surface area contributed by atoms with Gasteiger partial charge in [-0.2, -0.15) is 0 Å². The van der Waals surface area contributed by atoms with Crippen LogP contribution in [0, 0.1) is 11.6 Å². The average Bonchev–Trinajstić information content (AvgIpc) is 2.72. The Hall–Kier alpha value is -1.42. The van der Waals surface area contributed by atoms with Crippen LogP contribution in [-0.2, 0) is 6.42 Å². The molecule has 4 heteroatoms. The highest BCUT2D eigenvalue weighted by Gasteiger charge is 2.14. The lowest BCUT2D eigenvalue weighted by Crippen LogP contribution is -2.00. The lowest BCUT2D eigenvalue weighted by Gasteiger charge is -2.04. The third-order valence-electron chi connectivity index (χ3n) is 2.63. The summed E-state index contributed by atoms with van der Waals surface area (Å²) in [6.45, 7) is 0.581. The summed E-state index contributed by atoms with van der Waals surface area (Å²) in [7, 11) is 0. The van der Waals surface area contributed by atoms with Crippen LogP contribution < -0.4 is 5.73 Å². The monoisotopic (exact) mass is 225 g/mol. The second-order valence-corrected chi connectivity index (χ2v) is 3.73. The standard InChI is InChI=1S/C12H13F2NO/c13-10-7-11(14)12-9(4-6-16-12)8(10)3-1-2-5-15/h4,6-7H,1-3,5,15H2. The molecular weight excluding hydrogens is 212 g/mol. The number of rotatable bonds is 4. The zero-order valence-electron chi connectivity index (χ0n) is 8.80. The van der Waals surface area contributed by atoms with Crippen LogP contribution in [0.4, 0.5) is 8.78 Å². The summed E-state index contributed by atoms with van der Waals surface area (Å²) in [6, 6.07) is 2.48. The molecule has 0 amide bonds. The Morgan fingerprint density at radius 3 is 2.75 bits per heavy atom. The highest BCUT2D eigenvalue weighted by molar-refractivity contribution is 5.81. The molecule has 0 aliphatic carbocycles. The van der Waals surface area contributed by atoms with Crippen molar-refractivity contribution in [3.63, 3.8) is 0 Å². The molecule has 0 spiro atoms. The number of aryl methyl sites for hydroxylation is 1. The van der Waals surface area contributed by atoms with Crippen LogP contribution in [0.25, 0.3) is 11.0 Å². The lowest BCUT2D eigenvalue weighted by molar-refractivity contribution is 0.541. The molecule has 0 saturated carbocycles. The largest absolute Gasteiger partial charge is 0.461 e. The molecule has 1 heterocycles. The van der Waals surface area contributed by atoms with E-state index in [1.165, 1.54) is 6.26 Å². The lowest BCUT2D eigenvalue weighted by atomic mass is 10.0. The van der Waals surface area contributed by atoms with E-state index < -0.39 is 11.6 Å². The van der Waals surface area contributed by atoms with Crippen molar-refractivity contribution in [1.29, 1.82) is 0 Å². The van der Waals surface area contributed by atoms with Gasteiger partial charge in [0.05, 0.1) is 6.26 Å². The maximum Gasteiger partial charge on any atom is 0.169 e. The molecule has 0 bridgehead atoms. The first kappa shape index (κ1) is 11.1. The Bertz CT molecular complexity index is 493. The van der Waals surface area contributed by atoms with Gasteiger partial charge in [0.1, 0.15) is 5.82 Å². The summed E-state index contributed by atoms with van der Waals surface area (Å²) in [6.07, 6.45) is 3.55. The zero-order chi connectivity index (χ0) is 11.5. The van der Waals surface area contributed by atoms with Gasteiger partial charge in [-0.05, 0) is 37.4 Å². The van der Waals surface area contributed by atoms with Crippen LogP contribution in [0.3, 0.4) is 0 Å². The van der Waals surface area contributed by atoms with Gasteiger partial charge in [0.25, 0.3) is 0 Å². The first-order valence-corrected chi connectivity index (χ1v) is 5.28. The van der Waals surface area contributed by atoms with Gasteiger partial charge in [-0.1, -0.05) is 0 Å². The first-order valence-electron chi connectivity index (χ1n) is 5.28. The minimum Gasteiger partial charge on any atom is -0.461 e. The fourth-order valence-electron chi connectivity index (χ4n) is 1.82. The Morgan fingerprint density at radius 1 is 1.19 bits per heavy atom. The number of hydrogen-bond acceptors (Lipinski definition) is 2. The average molecular weight is 225 g/mol. The van der Waals surface area contributed by atoms with Crippen LogP contribution in [0.1, 0.15) is 18.4 Å². The van der Waals surface area contributed by atoms with Crippen molar-refractivity contribution in [3.05, 3.63) is 35.6 Å². The molecule has 0 aliphatic heterocycles. The Kier molecular flexibility index (Phi) is 3.19. The van der Waals surface area contributed by atoms with E-state index in [1.54, 1.807) is 6.07 Å². The molecule has 0 fully saturated rings. The fourth-order valence-corrected chi connectivity index (χ4v) is 1.82. The summed E-state index contributed by atoms with van der Waals surface area (Å²) in [5.41, 5.74) is 6.02. The molecule has 1 aromatic carbocycles. The van der Waals surface area contributed by atoms with Gasteiger partial charge in [-0.3, -0.25) is 0 Å². The van der Waals surface area contributed by atoms with E-state index in [-0.39, 0.29) is 5.58 Å². The number of hydrogen-bond donors (Lipinski definition) is 1. The number of halogens is 2. The number of fused-ring (bicyclic) bond motifs is 1. The first-order chi connectivity index (χ1) is 7.74. The van der Waals surface area contributed by atoms with Gasteiger partial charge >= 0.3 is 0 Å². The molecule has 86 valence electrons. The van der Waals surface area contributed by atoms with Crippen LogP contribution >= 0.6 is 0 Å². The number of nitrogens with two attached hydrogens (primary N) is 1. The van der Waals surface area contributed by atoms with Crippen molar-refractivity contribution < 1.29 is 13.2 Å². The summed E-state index contributed by atoms with van der Waals surface area (Å²) in [5.74, 6) is -1.16. The van der Waals surface area contributed by atoms with Crippen molar-refractivity contribution >= 4 is 11.0 Å². The Balaban J connectivity index is 2.38. The molecule has 2 rings (SSSR count). The van der Waals surface area contributed by atoms with Gasteiger partial charge in [0.2, 0.25) is 0 Å². The summed E-state index contributed by atoms with van der Waals surface area (Å²) in [4.78, 5) is 0. The van der Waals surface area contributed by atoms with Gasteiger partial charge < -0.3 is 10.2 Å². The molecule has 1 aromatic heterocycles. The molecule has 0 aliphatic rings. The minimum atomic E-state index is -0.653. The predicted octanol–water partition coefficient (Wildman–Crippen LogP) is 2.99. The molecule has 0 radical (unpaired) electrons. The van der Waals surface area contributed by atoms with Crippen molar-refractivity contribution in [1.82, 2.24) is 0 Å². The van der Waals surface area contributed by atoms with Crippen molar-refractivity contribution in [2.24, 2.45) is 5.73 Å². The van der Waals surface area contributed by atoms with E-state index in [0.29, 0.717) is 23.9 Å². The van der Waals surface area contributed by atoms with Gasteiger partial charge in [0, 0.05) is 11.5 Å². The molecule has 0 unspecified atom stereocenters. The van der Waals surface area contributed by atoms with Crippen LogP contribution in [0.15, 0.2) is 22.8 Å². The SMILES string of the molecule is NCCCCc1c(F)cc(F)c2occc12. The summed E-state index contributed by atoms with van der Waals surface area (Å²) in [5, 5.41) is 0.523. The second kappa shape index (κ2) is 4.61. The normalized spacial score (nSPS) is 11.2. The molecule has 2 nitrogen and oxygen atoms in total. The highest BCUT2D eigenvalue weighted by Crippen LogP contribution is 2.26.